The van der Waals surface area contributed by atoms with Crippen molar-refractivity contribution in [3.05, 3.63) is 44.8 Å². The predicted octanol–water partition coefficient (Wildman–Crippen LogP) is 4.02. The third kappa shape index (κ3) is 4.37. The fraction of sp³-hybridized carbons (Fsp3) is 0.333. The van der Waals surface area contributed by atoms with Gasteiger partial charge >= 0.3 is 5.97 Å². The summed E-state index contributed by atoms with van der Waals surface area (Å²) in [5.41, 5.74) is 1.15. The van der Waals surface area contributed by atoms with Crippen LogP contribution in [0.25, 0.3) is 0 Å². The molecule has 6 nitrogen and oxygen atoms in total. The van der Waals surface area contributed by atoms with Gasteiger partial charge in [0.2, 0.25) is 0 Å². The van der Waals surface area contributed by atoms with E-state index in [1.54, 1.807) is 19.1 Å². The zero-order valence-corrected chi connectivity index (χ0v) is 18.4. The summed E-state index contributed by atoms with van der Waals surface area (Å²) in [5.74, 6) is -1.21. The molecule has 1 N–H and O–H groups in total. The highest BCUT2D eigenvalue weighted by Gasteiger charge is 2.32. The van der Waals surface area contributed by atoms with E-state index < -0.39 is 21.7 Å². The molecule has 2 aromatic rings. The zero-order valence-electron chi connectivity index (χ0n) is 15.2. The van der Waals surface area contributed by atoms with Gasteiger partial charge in [0.25, 0.3) is 5.91 Å². The number of hydrogen-bond acceptors (Lipinski definition) is 7. The lowest BCUT2D eigenvalue weighted by Crippen LogP contribution is -2.20. The molecule has 0 atom stereocenters. The molecule has 10 heteroatoms. The predicted molar refractivity (Wildman–Crippen MR) is 113 cm³/mol. The Kier molecular flexibility index (Phi) is 6.38. The maximum atomic E-state index is 12.8. The van der Waals surface area contributed by atoms with E-state index in [-0.39, 0.29) is 45.7 Å². The van der Waals surface area contributed by atoms with E-state index in [2.05, 4.69) is 5.32 Å². The molecule has 0 saturated heterocycles. The number of ether oxygens (including phenoxy) is 1. The molecule has 1 aromatic carbocycles. The molecule has 0 fully saturated rings. The Hall–Kier alpha value is -1.55. The van der Waals surface area contributed by atoms with Crippen molar-refractivity contribution in [2.75, 3.05) is 23.9 Å². The molecule has 0 unspecified atom stereocenters. The number of fused-ring (bicyclic) bond motifs is 1. The lowest BCUT2D eigenvalue weighted by Gasteiger charge is -2.13. The smallest absolute Gasteiger partial charge is 0.341 e. The number of sulfone groups is 1. The van der Waals surface area contributed by atoms with E-state index in [1.807, 2.05) is 12.3 Å². The number of thioether (sulfide) groups is 1. The minimum absolute atomic E-state index is 0.0296. The van der Waals surface area contributed by atoms with E-state index in [0.717, 1.165) is 16.2 Å². The summed E-state index contributed by atoms with van der Waals surface area (Å²) in [6.07, 6.45) is 2.11. The number of rotatable bonds is 5. The Morgan fingerprint density at radius 3 is 2.79 bits per heavy atom. The Labute approximate surface area is 176 Å². The highest BCUT2D eigenvalue weighted by molar-refractivity contribution is 7.98. The molecule has 0 spiro atoms. The summed E-state index contributed by atoms with van der Waals surface area (Å²) in [6, 6.07) is 5.12. The minimum Gasteiger partial charge on any atom is -0.462 e. The monoisotopic (exact) mass is 459 g/mol. The van der Waals surface area contributed by atoms with Crippen LogP contribution >= 0.6 is 34.7 Å². The van der Waals surface area contributed by atoms with Crippen molar-refractivity contribution in [1.82, 2.24) is 0 Å². The van der Waals surface area contributed by atoms with Gasteiger partial charge in [-0.05, 0) is 43.4 Å². The van der Waals surface area contributed by atoms with Gasteiger partial charge in [0.15, 0.2) is 9.84 Å². The van der Waals surface area contributed by atoms with Gasteiger partial charge in [-0.15, -0.1) is 23.1 Å². The number of amides is 1. The lowest BCUT2D eigenvalue weighted by atomic mass is 10.1. The number of nitrogens with one attached hydrogen (secondary N) is 1. The third-order valence-corrected chi connectivity index (χ3v) is 8.17. The quantitative estimate of drug-likeness (QED) is 0.536. The maximum Gasteiger partial charge on any atom is 0.341 e. The highest BCUT2D eigenvalue weighted by atomic mass is 35.5. The number of thiophene rings is 1. The van der Waals surface area contributed by atoms with Gasteiger partial charge in [-0.3, -0.25) is 4.79 Å². The lowest BCUT2D eigenvalue weighted by molar-refractivity contribution is 0.0527. The van der Waals surface area contributed by atoms with Crippen LogP contribution < -0.4 is 5.32 Å². The van der Waals surface area contributed by atoms with Crippen LogP contribution in [0.15, 0.2) is 23.1 Å². The molecule has 3 rings (SSSR count). The number of esters is 1. The van der Waals surface area contributed by atoms with Crippen LogP contribution in [0.2, 0.25) is 5.02 Å². The second-order valence-electron chi connectivity index (χ2n) is 6.07. The number of carbonyl (C=O) groups excluding carboxylic acids is 2. The van der Waals surface area contributed by atoms with Crippen LogP contribution in [-0.2, 0) is 26.7 Å². The molecular formula is C18H18ClNO5S3. The highest BCUT2D eigenvalue weighted by Crippen LogP contribution is 2.39. The van der Waals surface area contributed by atoms with Gasteiger partial charge in [-0.1, -0.05) is 11.6 Å². The molecule has 1 aliphatic heterocycles. The molecule has 1 aliphatic rings. The van der Waals surface area contributed by atoms with Gasteiger partial charge in [-0.2, -0.15) is 0 Å². The summed E-state index contributed by atoms with van der Waals surface area (Å²) in [7, 11) is -3.21. The van der Waals surface area contributed by atoms with Crippen molar-refractivity contribution < 1.29 is 22.7 Å². The van der Waals surface area contributed by atoms with E-state index in [0.29, 0.717) is 10.4 Å². The summed E-state index contributed by atoms with van der Waals surface area (Å²) in [4.78, 5) is 26.7. The van der Waals surface area contributed by atoms with Crippen molar-refractivity contribution in [2.24, 2.45) is 0 Å². The topological polar surface area (TPSA) is 89.5 Å². The molecular weight excluding hydrogens is 442 g/mol. The Morgan fingerprint density at radius 1 is 1.36 bits per heavy atom. The summed E-state index contributed by atoms with van der Waals surface area (Å²) in [5, 5.41) is 3.31. The zero-order chi connectivity index (χ0) is 20.5. The SMILES string of the molecule is CCOC(=O)c1c(NC(=O)c2cc(SC)ccc2Cl)sc2c1CCS(=O)(=O)C2. The number of carbonyl (C=O) groups is 2. The van der Waals surface area contributed by atoms with E-state index in [9.17, 15) is 18.0 Å². The Morgan fingerprint density at radius 2 is 2.11 bits per heavy atom. The summed E-state index contributed by atoms with van der Waals surface area (Å²) in [6.45, 7) is 1.86. The third-order valence-electron chi connectivity index (χ3n) is 4.23. The van der Waals surface area contributed by atoms with E-state index >= 15 is 0 Å². The van der Waals surface area contributed by atoms with Crippen LogP contribution in [0.1, 0.15) is 38.1 Å². The van der Waals surface area contributed by atoms with Crippen LogP contribution in [0, 0.1) is 0 Å². The normalized spacial score (nSPS) is 15.0. The largest absolute Gasteiger partial charge is 0.462 e. The second kappa shape index (κ2) is 8.44. The molecule has 1 amide bonds. The van der Waals surface area contributed by atoms with Gasteiger partial charge in [0, 0.05) is 9.77 Å². The number of halogens is 1. The van der Waals surface area contributed by atoms with Gasteiger partial charge in [0.1, 0.15) is 5.00 Å². The molecule has 0 aliphatic carbocycles. The number of benzene rings is 1. The molecule has 150 valence electrons. The van der Waals surface area contributed by atoms with E-state index in [1.165, 1.54) is 11.8 Å². The fourth-order valence-corrected chi connectivity index (χ4v) is 6.58. The molecule has 2 heterocycles. The average molecular weight is 460 g/mol. The van der Waals surface area contributed by atoms with E-state index in [4.69, 9.17) is 16.3 Å². The Balaban J connectivity index is 2.01. The standard InChI is InChI=1S/C18H18ClNO5S3/c1-3-25-18(22)15-11-6-7-28(23,24)9-14(11)27-17(15)20-16(21)12-8-10(26-2)4-5-13(12)19/h4-5,8H,3,6-7,9H2,1-2H3,(H,20,21). The fourth-order valence-electron chi connectivity index (χ4n) is 2.91. The van der Waals surface area contributed by atoms with Crippen LogP contribution in [0.4, 0.5) is 5.00 Å². The minimum atomic E-state index is -3.21. The summed E-state index contributed by atoms with van der Waals surface area (Å²) < 4.78 is 29.1. The first-order chi connectivity index (χ1) is 13.3. The van der Waals surface area contributed by atoms with Crippen molar-refractivity contribution in [3.63, 3.8) is 0 Å². The van der Waals surface area contributed by atoms with Crippen molar-refractivity contribution in [1.29, 1.82) is 0 Å². The first kappa shape index (κ1) is 21.2. The van der Waals surface area contributed by atoms with Crippen molar-refractivity contribution in [3.8, 4) is 0 Å². The summed E-state index contributed by atoms with van der Waals surface area (Å²) >= 11 is 8.74. The van der Waals surface area contributed by atoms with Crippen molar-refractivity contribution in [2.45, 2.75) is 24.0 Å². The second-order valence-corrected chi connectivity index (χ2v) is 10.6. The Bertz CT molecular complexity index is 1050. The molecule has 0 radical (unpaired) electrons. The maximum absolute atomic E-state index is 12.8. The first-order valence-electron chi connectivity index (χ1n) is 8.42. The van der Waals surface area contributed by atoms with Crippen LogP contribution in [0.3, 0.4) is 0 Å². The van der Waals surface area contributed by atoms with Gasteiger partial charge < -0.3 is 10.1 Å². The molecule has 0 saturated carbocycles. The van der Waals surface area contributed by atoms with Crippen LogP contribution in [-0.4, -0.2) is 38.9 Å². The van der Waals surface area contributed by atoms with Crippen LogP contribution in [0.5, 0.6) is 0 Å². The number of hydrogen-bond donors (Lipinski definition) is 1. The van der Waals surface area contributed by atoms with Gasteiger partial charge in [0.05, 0.1) is 34.3 Å². The van der Waals surface area contributed by atoms with Gasteiger partial charge in [-0.25, -0.2) is 13.2 Å². The first-order valence-corrected chi connectivity index (χ1v) is 12.7. The van der Waals surface area contributed by atoms with Crippen molar-refractivity contribution >= 4 is 61.4 Å². The molecule has 28 heavy (non-hydrogen) atoms. The molecule has 0 bridgehead atoms. The molecule has 1 aromatic heterocycles. The number of anilines is 1. The average Bonchev–Trinajstić information content (AvgIpc) is 2.97.